The van der Waals surface area contributed by atoms with Gasteiger partial charge in [0.1, 0.15) is 5.75 Å². The van der Waals surface area contributed by atoms with Gasteiger partial charge < -0.3 is 19.5 Å². The fraction of sp³-hybridized carbons (Fsp3) is 0.571. The zero-order valence-corrected chi connectivity index (χ0v) is 15.2. The monoisotopic (exact) mass is 409 g/mol. The van der Waals surface area contributed by atoms with E-state index in [-0.39, 0.29) is 6.10 Å². The van der Waals surface area contributed by atoms with E-state index in [0.29, 0.717) is 19.8 Å². The summed E-state index contributed by atoms with van der Waals surface area (Å²) >= 11 is 7.03. The summed E-state index contributed by atoms with van der Waals surface area (Å²) < 4.78 is 18.1. The molecular weight excluding hydrogens is 390 g/mol. The largest absolute Gasteiger partial charge is 0.492 e. The van der Waals surface area contributed by atoms with Gasteiger partial charge in [0.2, 0.25) is 0 Å². The predicted molar refractivity (Wildman–Crippen MR) is 87.4 cm³/mol. The summed E-state index contributed by atoms with van der Waals surface area (Å²) in [6.45, 7) is 4.61. The second-order valence-corrected chi connectivity index (χ2v) is 6.02. The Hall–Kier alpha value is -0.140. The van der Waals surface area contributed by atoms with Gasteiger partial charge >= 0.3 is 0 Å². The Bertz CT molecular complexity index is 416. The fourth-order valence-electron chi connectivity index (χ4n) is 1.81. The third kappa shape index (κ3) is 5.69. The maximum absolute atomic E-state index is 5.69. The molecule has 0 spiro atoms. The molecule has 20 heavy (non-hydrogen) atoms. The van der Waals surface area contributed by atoms with Crippen molar-refractivity contribution in [2.45, 2.75) is 19.6 Å². The first-order valence-electron chi connectivity index (χ1n) is 6.45. The third-order valence-electron chi connectivity index (χ3n) is 2.75. The van der Waals surface area contributed by atoms with Gasteiger partial charge in [-0.25, -0.2) is 0 Å². The molecule has 4 nitrogen and oxygen atoms in total. The molecule has 1 atom stereocenters. The lowest BCUT2D eigenvalue weighted by Crippen LogP contribution is -2.31. The minimum Gasteiger partial charge on any atom is -0.492 e. The van der Waals surface area contributed by atoms with Gasteiger partial charge in [0, 0.05) is 37.3 Å². The number of rotatable bonds is 9. The molecule has 1 unspecified atom stereocenters. The van der Waals surface area contributed by atoms with E-state index in [4.69, 9.17) is 14.2 Å². The first-order chi connectivity index (χ1) is 9.62. The minimum absolute atomic E-state index is 0.0473. The van der Waals surface area contributed by atoms with Crippen molar-refractivity contribution in [2.24, 2.45) is 0 Å². The van der Waals surface area contributed by atoms with Crippen molar-refractivity contribution in [1.82, 2.24) is 5.32 Å². The van der Waals surface area contributed by atoms with Gasteiger partial charge in [-0.1, -0.05) is 15.9 Å². The van der Waals surface area contributed by atoms with E-state index in [1.807, 2.05) is 13.0 Å². The Kier molecular flexibility index (Phi) is 8.72. The SMILES string of the molecule is CCOc1c(Br)cc(Br)cc1CNCC(COC)OC. The highest BCUT2D eigenvalue weighted by Gasteiger charge is 2.11. The molecule has 1 aromatic carbocycles. The number of hydrogen-bond acceptors (Lipinski definition) is 4. The topological polar surface area (TPSA) is 39.7 Å². The summed E-state index contributed by atoms with van der Waals surface area (Å²) in [6, 6.07) is 4.04. The number of methoxy groups -OCH3 is 2. The molecule has 0 radical (unpaired) electrons. The highest BCUT2D eigenvalue weighted by molar-refractivity contribution is 9.11. The van der Waals surface area contributed by atoms with E-state index in [0.717, 1.165) is 26.8 Å². The molecule has 0 aliphatic rings. The molecule has 114 valence electrons. The summed E-state index contributed by atoms with van der Waals surface area (Å²) in [6.07, 6.45) is 0.0473. The van der Waals surface area contributed by atoms with Crippen LogP contribution in [0.25, 0.3) is 0 Å². The van der Waals surface area contributed by atoms with Crippen LogP contribution in [0.3, 0.4) is 0 Å². The molecule has 1 N–H and O–H groups in total. The molecule has 0 aromatic heterocycles. The quantitative estimate of drug-likeness (QED) is 0.677. The minimum atomic E-state index is 0.0473. The Morgan fingerprint density at radius 1 is 1.25 bits per heavy atom. The number of ether oxygens (including phenoxy) is 3. The van der Waals surface area contributed by atoms with Crippen molar-refractivity contribution >= 4 is 31.9 Å². The van der Waals surface area contributed by atoms with Crippen LogP contribution in [0.15, 0.2) is 21.1 Å². The zero-order valence-electron chi connectivity index (χ0n) is 12.0. The van der Waals surface area contributed by atoms with Gasteiger partial charge in [0.05, 0.1) is 23.8 Å². The van der Waals surface area contributed by atoms with Crippen LogP contribution >= 0.6 is 31.9 Å². The molecule has 0 aliphatic carbocycles. The molecule has 0 fully saturated rings. The number of halogens is 2. The fourth-order valence-corrected chi connectivity index (χ4v) is 3.24. The van der Waals surface area contributed by atoms with Gasteiger partial charge in [-0.05, 0) is 35.0 Å². The standard InChI is InChI=1S/C14H21Br2NO3/c1-4-20-14-10(5-11(15)6-13(14)16)7-17-8-12(19-3)9-18-2/h5-6,12,17H,4,7-9H2,1-3H3. The van der Waals surface area contributed by atoms with Crippen LogP contribution in [-0.4, -0.2) is 40.1 Å². The van der Waals surface area contributed by atoms with Crippen molar-refractivity contribution in [3.8, 4) is 5.75 Å². The maximum atomic E-state index is 5.69. The Morgan fingerprint density at radius 3 is 2.60 bits per heavy atom. The zero-order chi connectivity index (χ0) is 15.0. The van der Waals surface area contributed by atoms with Crippen LogP contribution in [0.2, 0.25) is 0 Å². The number of nitrogens with one attached hydrogen (secondary N) is 1. The molecule has 1 aromatic rings. The van der Waals surface area contributed by atoms with Gasteiger partial charge in [-0.3, -0.25) is 0 Å². The molecule has 6 heteroatoms. The van der Waals surface area contributed by atoms with Crippen LogP contribution in [0.4, 0.5) is 0 Å². The summed E-state index contributed by atoms with van der Waals surface area (Å²) in [5, 5.41) is 3.36. The first-order valence-corrected chi connectivity index (χ1v) is 8.04. The highest BCUT2D eigenvalue weighted by Crippen LogP contribution is 2.32. The van der Waals surface area contributed by atoms with Crippen LogP contribution in [0.1, 0.15) is 12.5 Å². The Labute approximate surface area is 137 Å². The molecule has 0 saturated carbocycles. The van der Waals surface area contributed by atoms with Crippen LogP contribution in [-0.2, 0) is 16.0 Å². The lowest BCUT2D eigenvalue weighted by Gasteiger charge is -2.17. The number of hydrogen-bond donors (Lipinski definition) is 1. The summed E-state index contributed by atoms with van der Waals surface area (Å²) in [5.41, 5.74) is 1.10. The molecular formula is C14H21Br2NO3. The smallest absolute Gasteiger partial charge is 0.138 e. The van der Waals surface area contributed by atoms with Gasteiger partial charge in [-0.2, -0.15) is 0 Å². The average Bonchev–Trinajstić information content (AvgIpc) is 2.41. The van der Waals surface area contributed by atoms with E-state index < -0.39 is 0 Å². The Morgan fingerprint density at radius 2 is 2.00 bits per heavy atom. The summed E-state index contributed by atoms with van der Waals surface area (Å²) in [5.74, 6) is 0.879. The number of benzene rings is 1. The van der Waals surface area contributed by atoms with Crippen molar-refractivity contribution in [3.63, 3.8) is 0 Å². The van der Waals surface area contributed by atoms with Crippen molar-refractivity contribution in [1.29, 1.82) is 0 Å². The molecule has 0 saturated heterocycles. The van der Waals surface area contributed by atoms with E-state index in [1.54, 1.807) is 14.2 Å². The van der Waals surface area contributed by atoms with E-state index >= 15 is 0 Å². The highest BCUT2D eigenvalue weighted by atomic mass is 79.9. The molecule has 1 rings (SSSR count). The normalized spacial score (nSPS) is 12.4. The van der Waals surface area contributed by atoms with Crippen LogP contribution in [0.5, 0.6) is 5.75 Å². The predicted octanol–water partition coefficient (Wildman–Crippen LogP) is 3.36. The molecule has 0 bridgehead atoms. The summed E-state index contributed by atoms with van der Waals surface area (Å²) in [7, 11) is 3.36. The van der Waals surface area contributed by atoms with E-state index in [2.05, 4.69) is 43.2 Å². The van der Waals surface area contributed by atoms with Crippen LogP contribution in [0, 0.1) is 0 Å². The molecule has 0 heterocycles. The first kappa shape index (κ1) is 17.9. The maximum Gasteiger partial charge on any atom is 0.138 e. The van der Waals surface area contributed by atoms with Crippen molar-refractivity contribution < 1.29 is 14.2 Å². The van der Waals surface area contributed by atoms with E-state index in [1.165, 1.54) is 0 Å². The average molecular weight is 411 g/mol. The Balaban J connectivity index is 2.66. The van der Waals surface area contributed by atoms with E-state index in [9.17, 15) is 0 Å². The van der Waals surface area contributed by atoms with Crippen molar-refractivity contribution in [3.05, 3.63) is 26.6 Å². The van der Waals surface area contributed by atoms with Crippen molar-refractivity contribution in [2.75, 3.05) is 34.0 Å². The van der Waals surface area contributed by atoms with Gasteiger partial charge in [0.15, 0.2) is 0 Å². The lowest BCUT2D eigenvalue weighted by molar-refractivity contribution is 0.0287. The molecule has 0 aliphatic heterocycles. The lowest BCUT2D eigenvalue weighted by atomic mass is 10.2. The molecule has 0 amide bonds. The summed E-state index contributed by atoms with van der Waals surface area (Å²) in [4.78, 5) is 0. The second kappa shape index (κ2) is 9.73. The van der Waals surface area contributed by atoms with Gasteiger partial charge in [0.25, 0.3) is 0 Å². The van der Waals surface area contributed by atoms with Gasteiger partial charge in [-0.15, -0.1) is 0 Å². The third-order valence-corrected chi connectivity index (χ3v) is 3.79. The van der Waals surface area contributed by atoms with Crippen LogP contribution < -0.4 is 10.1 Å². The second-order valence-electron chi connectivity index (χ2n) is 4.25.